The molecule has 19 nitrogen and oxygen atoms in total. The number of nitrogens with one attached hydrogen (secondary N) is 9. The molecule has 0 spiro atoms. The van der Waals surface area contributed by atoms with Crippen molar-refractivity contribution >= 4 is 75.8 Å². The third kappa shape index (κ3) is 14.1. The molecule has 0 bridgehead atoms. The smallest absolute Gasteiger partial charge is 0.326 e. The monoisotopic (exact) mass is 944 g/mol. The quantitative estimate of drug-likeness (QED) is 0.0178. The summed E-state index contributed by atoms with van der Waals surface area (Å²) in [5, 5.41) is 36.9. The molecule has 68 heavy (non-hydrogen) atoms. The lowest BCUT2D eigenvalue weighted by molar-refractivity contribution is -0.142. The molecule has 356 valence electrons. The van der Waals surface area contributed by atoms with Crippen molar-refractivity contribution in [2.24, 2.45) is 11.5 Å². The van der Waals surface area contributed by atoms with Gasteiger partial charge in [-0.15, -0.1) is 0 Å². The SMILES string of the molecule is N=C(N)NCCC[C@H](NC(=O)[C@@H](Cc1ccccc1)NC(=O)[C@H](Cc1c[nH]cn1)NC(=O)[C@@H](N)CS)C(=O)N[C@@H](Cc1ccc2ccccc2c1)C(=O)N[C@H](Cc1c[nH]c2ccccc12)C(=O)O. The number of thiol groups is 1. The number of H-pyrrole nitrogens is 2. The van der Waals surface area contributed by atoms with Crippen LogP contribution < -0.4 is 43.4 Å². The lowest BCUT2D eigenvalue weighted by Gasteiger charge is -2.27. The highest BCUT2D eigenvalue weighted by Gasteiger charge is 2.34. The molecule has 0 radical (unpaired) electrons. The molecule has 5 amide bonds. The van der Waals surface area contributed by atoms with Crippen LogP contribution in [0.25, 0.3) is 21.7 Å². The summed E-state index contributed by atoms with van der Waals surface area (Å²) >= 11 is 4.11. The van der Waals surface area contributed by atoms with E-state index in [9.17, 15) is 33.9 Å². The van der Waals surface area contributed by atoms with Gasteiger partial charge in [0.15, 0.2) is 5.96 Å². The zero-order valence-corrected chi connectivity index (χ0v) is 37.9. The number of aromatic amines is 2. The average Bonchev–Trinajstić information content (AvgIpc) is 4.01. The van der Waals surface area contributed by atoms with E-state index in [0.717, 1.165) is 21.7 Å². The first-order valence-corrected chi connectivity index (χ1v) is 22.6. The van der Waals surface area contributed by atoms with E-state index in [-0.39, 0.29) is 56.8 Å². The van der Waals surface area contributed by atoms with Crippen LogP contribution in [0.3, 0.4) is 0 Å². The van der Waals surface area contributed by atoms with Crippen molar-refractivity contribution in [2.45, 2.75) is 74.8 Å². The minimum Gasteiger partial charge on any atom is -0.480 e. The number of carbonyl (C=O) groups is 6. The fraction of sp³-hybridized carbons (Fsp3) is 0.292. The van der Waals surface area contributed by atoms with Crippen LogP contribution in [0.2, 0.25) is 0 Å². The molecule has 20 heteroatoms. The summed E-state index contributed by atoms with van der Waals surface area (Å²) in [4.78, 5) is 93.3. The Bertz CT molecular complexity index is 2700. The molecule has 0 aliphatic heterocycles. The predicted molar refractivity (Wildman–Crippen MR) is 260 cm³/mol. The average molecular weight is 945 g/mol. The molecule has 0 saturated heterocycles. The van der Waals surface area contributed by atoms with Gasteiger partial charge in [-0.2, -0.15) is 12.6 Å². The molecule has 0 fully saturated rings. The fourth-order valence-electron chi connectivity index (χ4n) is 7.66. The van der Waals surface area contributed by atoms with Gasteiger partial charge in [-0.1, -0.05) is 91.0 Å². The van der Waals surface area contributed by atoms with Crippen LogP contribution in [0.5, 0.6) is 0 Å². The molecule has 6 rings (SSSR count). The second-order valence-electron chi connectivity index (χ2n) is 16.3. The second kappa shape index (κ2) is 24.2. The maximum absolute atomic E-state index is 14.6. The van der Waals surface area contributed by atoms with E-state index in [4.69, 9.17) is 16.9 Å². The molecule has 6 aromatic rings. The predicted octanol–water partition coefficient (Wildman–Crippen LogP) is 1.34. The summed E-state index contributed by atoms with van der Waals surface area (Å²) in [6.07, 6.45) is 4.65. The van der Waals surface area contributed by atoms with Crippen molar-refractivity contribution in [3.63, 3.8) is 0 Å². The number of nitrogens with two attached hydrogens (primary N) is 2. The van der Waals surface area contributed by atoms with Gasteiger partial charge in [-0.3, -0.25) is 29.4 Å². The minimum atomic E-state index is -1.39. The van der Waals surface area contributed by atoms with Crippen molar-refractivity contribution in [3.8, 4) is 0 Å². The number of hydrogen-bond acceptors (Lipinski definition) is 10. The normalized spacial score (nSPS) is 13.8. The van der Waals surface area contributed by atoms with E-state index in [1.165, 1.54) is 6.33 Å². The van der Waals surface area contributed by atoms with Crippen molar-refractivity contribution in [1.29, 1.82) is 5.41 Å². The van der Waals surface area contributed by atoms with Gasteiger partial charge in [-0.25, -0.2) is 9.78 Å². The van der Waals surface area contributed by atoms with Crippen molar-refractivity contribution in [3.05, 3.63) is 138 Å². The van der Waals surface area contributed by atoms with Gasteiger partial charge in [0.25, 0.3) is 0 Å². The van der Waals surface area contributed by atoms with E-state index >= 15 is 0 Å². The number of carboxylic acids is 1. The largest absolute Gasteiger partial charge is 0.480 e. The highest BCUT2D eigenvalue weighted by Crippen LogP contribution is 2.20. The number of amides is 5. The van der Waals surface area contributed by atoms with Gasteiger partial charge in [0.2, 0.25) is 29.5 Å². The number of imidazole rings is 1. The molecule has 6 atom stereocenters. The van der Waals surface area contributed by atoms with E-state index in [1.807, 2.05) is 66.7 Å². The zero-order chi connectivity index (χ0) is 48.6. The van der Waals surface area contributed by atoms with Crippen LogP contribution in [-0.2, 0) is 54.5 Å². The number of aliphatic carboxylic acids is 1. The third-order valence-electron chi connectivity index (χ3n) is 11.3. The fourth-order valence-corrected chi connectivity index (χ4v) is 7.83. The van der Waals surface area contributed by atoms with E-state index in [1.54, 1.807) is 42.7 Å². The van der Waals surface area contributed by atoms with Gasteiger partial charge in [-0.05, 0) is 46.4 Å². The molecule has 2 aromatic heterocycles. The molecule has 0 unspecified atom stereocenters. The lowest BCUT2D eigenvalue weighted by atomic mass is 9.99. The highest BCUT2D eigenvalue weighted by molar-refractivity contribution is 7.80. The topological polar surface area (TPSA) is 315 Å². The van der Waals surface area contributed by atoms with Crippen LogP contribution in [0.15, 0.2) is 116 Å². The Morgan fingerprint density at radius 3 is 1.91 bits per heavy atom. The number of hydrogen-bond donors (Lipinski definition) is 13. The third-order valence-corrected chi connectivity index (χ3v) is 11.7. The number of carboxylic acid groups (broad SMARTS) is 1. The van der Waals surface area contributed by atoms with Gasteiger partial charge in [0.05, 0.1) is 18.1 Å². The number of guanidine groups is 1. The first-order valence-electron chi connectivity index (χ1n) is 22.0. The van der Waals surface area contributed by atoms with Gasteiger partial charge < -0.3 is 58.4 Å². The summed E-state index contributed by atoms with van der Waals surface area (Å²) in [6.45, 7) is 0.150. The molecule has 4 aromatic carbocycles. The van der Waals surface area contributed by atoms with E-state index in [2.05, 4.69) is 59.5 Å². The number of benzene rings is 4. The molecule has 2 heterocycles. The molecule has 0 saturated carbocycles. The zero-order valence-electron chi connectivity index (χ0n) is 37.0. The number of carbonyl (C=O) groups excluding carboxylic acids is 5. The summed E-state index contributed by atoms with van der Waals surface area (Å²) in [6, 6.07) is 21.8. The molecular formula is C48H56N12O7S. The van der Waals surface area contributed by atoms with Crippen LogP contribution in [0, 0.1) is 5.41 Å². The minimum absolute atomic E-state index is 0.00291. The number of aromatic nitrogens is 3. The molecular weight excluding hydrogens is 889 g/mol. The van der Waals surface area contributed by atoms with E-state index in [0.29, 0.717) is 22.4 Å². The van der Waals surface area contributed by atoms with E-state index < -0.39 is 71.8 Å². The number of rotatable bonds is 24. The van der Waals surface area contributed by atoms with Crippen LogP contribution in [-0.4, -0.2) is 110 Å². The first-order chi connectivity index (χ1) is 32.8. The van der Waals surface area contributed by atoms with Crippen molar-refractivity contribution in [1.82, 2.24) is 46.9 Å². The first kappa shape index (κ1) is 49.7. The number of nitrogens with zero attached hydrogens (tertiary/aromatic N) is 1. The van der Waals surface area contributed by atoms with Crippen LogP contribution in [0.4, 0.5) is 0 Å². The Morgan fingerprint density at radius 2 is 1.25 bits per heavy atom. The van der Waals surface area contributed by atoms with Gasteiger partial charge >= 0.3 is 5.97 Å². The maximum Gasteiger partial charge on any atom is 0.326 e. The van der Waals surface area contributed by atoms with Crippen LogP contribution >= 0.6 is 12.6 Å². The molecule has 0 aliphatic rings. The van der Waals surface area contributed by atoms with Crippen molar-refractivity contribution in [2.75, 3.05) is 12.3 Å². The Balaban J connectivity index is 1.28. The van der Waals surface area contributed by atoms with Gasteiger partial charge in [0, 0.05) is 61.3 Å². The summed E-state index contributed by atoms with van der Waals surface area (Å²) in [5.74, 6) is -5.29. The maximum atomic E-state index is 14.6. The van der Waals surface area contributed by atoms with Crippen LogP contribution in [0.1, 0.15) is 35.2 Å². The number of para-hydroxylation sites is 1. The number of fused-ring (bicyclic) bond motifs is 2. The Labute approximate surface area is 397 Å². The summed E-state index contributed by atoms with van der Waals surface area (Å²) in [7, 11) is 0. The van der Waals surface area contributed by atoms with Gasteiger partial charge in [0.1, 0.15) is 30.2 Å². The Kier molecular flexibility index (Phi) is 17.7. The Morgan fingerprint density at radius 1 is 0.662 bits per heavy atom. The Hall–Kier alpha value is -7.71. The lowest BCUT2D eigenvalue weighted by Crippen LogP contribution is -2.60. The molecule has 14 N–H and O–H groups in total. The second-order valence-corrected chi connectivity index (χ2v) is 16.7. The summed E-state index contributed by atoms with van der Waals surface area (Å²) < 4.78 is 0. The summed E-state index contributed by atoms with van der Waals surface area (Å²) in [5.41, 5.74) is 14.7. The molecule has 0 aliphatic carbocycles. The highest BCUT2D eigenvalue weighted by atomic mass is 32.1. The standard InChI is InChI=1S/C48H56N12O7S/c49-35(26-68)42(61)57-40(23-33-25-52-27-55-33)46(65)59-38(20-28-9-2-1-3-10-28)44(63)56-37(15-8-18-53-48(50)51)43(62)58-39(21-29-16-17-30-11-4-5-12-31(30)19-29)45(64)60-41(47(66)67)22-32-24-54-36-14-7-6-13-34(32)36/h1-7,9-14,16-17,19,24-25,27,35,37-41,54,68H,8,15,18,20-23,26,49H2,(H,52,55)(H,56,63)(H,57,61)(H,58,62)(H,59,65)(H,60,64)(H,66,67)(H4,50,51,53)/t35-,37-,38+,39-,40-,41+/m0/s1. The van der Waals surface area contributed by atoms with Crippen molar-refractivity contribution < 1.29 is 33.9 Å².